The Morgan fingerprint density at radius 2 is 2.00 bits per heavy atom. The minimum atomic E-state index is -1.05. The highest BCUT2D eigenvalue weighted by Crippen LogP contribution is 2.08. The van der Waals surface area contributed by atoms with Crippen LogP contribution in [0.5, 0.6) is 0 Å². The summed E-state index contributed by atoms with van der Waals surface area (Å²) in [5, 5.41) is 10.6. The smallest absolute Gasteiger partial charge is 0.322 e. The van der Waals surface area contributed by atoms with Crippen LogP contribution in [-0.2, 0) is 9.59 Å². The molecule has 0 rings (SSSR count). The Balaban J connectivity index is 3.99. The second kappa shape index (κ2) is 5.53. The van der Waals surface area contributed by atoms with Crippen molar-refractivity contribution in [1.29, 1.82) is 0 Å². The number of nitrogens with one attached hydrogen (secondary N) is 1. The van der Waals surface area contributed by atoms with Crippen molar-refractivity contribution >= 4 is 11.9 Å². The second-order valence-corrected chi connectivity index (χ2v) is 3.20. The van der Waals surface area contributed by atoms with E-state index in [-0.39, 0.29) is 30.8 Å². The van der Waals surface area contributed by atoms with Crippen LogP contribution < -0.4 is 11.1 Å². The van der Waals surface area contributed by atoms with Gasteiger partial charge in [0.15, 0.2) is 0 Å². The zero-order chi connectivity index (χ0) is 10.4. The number of carbonyl (C=O) groups excluding carboxylic acids is 1. The number of carbonyl (C=O) groups is 2. The van der Waals surface area contributed by atoms with E-state index >= 15 is 0 Å². The Bertz CT molecular complexity index is 192. The highest BCUT2D eigenvalue weighted by molar-refractivity contribution is 5.83. The molecule has 0 aliphatic rings. The predicted octanol–water partition coefficient (Wildman–Crippen LogP) is -0.582. The van der Waals surface area contributed by atoms with E-state index in [1.165, 1.54) is 0 Å². The molecule has 0 aliphatic heterocycles. The fraction of sp³-hybridized carbons (Fsp3) is 0.750. The fourth-order valence-corrected chi connectivity index (χ4v) is 0.976. The molecule has 1 atom stereocenters. The SMILES string of the molecule is CC(C)C(CN)C(=O)NCC(=O)O. The molecule has 0 aromatic carbocycles. The van der Waals surface area contributed by atoms with Crippen LogP contribution in [0.2, 0.25) is 0 Å². The van der Waals surface area contributed by atoms with E-state index in [2.05, 4.69) is 5.32 Å². The van der Waals surface area contributed by atoms with Gasteiger partial charge in [-0.05, 0) is 5.92 Å². The van der Waals surface area contributed by atoms with Gasteiger partial charge in [-0.2, -0.15) is 0 Å². The summed E-state index contributed by atoms with van der Waals surface area (Å²) in [6.45, 7) is 3.64. The number of carboxylic acid groups (broad SMARTS) is 1. The minimum absolute atomic E-state index is 0.124. The molecule has 13 heavy (non-hydrogen) atoms. The van der Waals surface area contributed by atoms with Crippen molar-refractivity contribution in [2.75, 3.05) is 13.1 Å². The van der Waals surface area contributed by atoms with Crippen LogP contribution in [0.3, 0.4) is 0 Å². The van der Waals surface area contributed by atoms with Crippen molar-refractivity contribution < 1.29 is 14.7 Å². The second-order valence-electron chi connectivity index (χ2n) is 3.20. The Morgan fingerprint density at radius 1 is 1.46 bits per heavy atom. The molecule has 0 fully saturated rings. The Kier molecular flexibility index (Phi) is 5.06. The van der Waals surface area contributed by atoms with Gasteiger partial charge < -0.3 is 16.2 Å². The van der Waals surface area contributed by atoms with Gasteiger partial charge in [0.1, 0.15) is 6.54 Å². The van der Waals surface area contributed by atoms with Gasteiger partial charge in [-0.25, -0.2) is 0 Å². The molecule has 4 N–H and O–H groups in total. The molecule has 5 nitrogen and oxygen atoms in total. The molecule has 0 aromatic heterocycles. The van der Waals surface area contributed by atoms with Crippen LogP contribution >= 0.6 is 0 Å². The van der Waals surface area contributed by atoms with Crippen molar-refractivity contribution in [3.05, 3.63) is 0 Å². The number of aliphatic carboxylic acids is 1. The van der Waals surface area contributed by atoms with Gasteiger partial charge in [-0.15, -0.1) is 0 Å². The lowest BCUT2D eigenvalue weighted by Gasteiger charge is -2.17. The van der Waals surface area contributed by atoms with E-state index in [1.807, 2.05) is 13.8 Å². The molecule has 1 unspecified atom stereocenters. The summed E-state index contributed by atoms with van der Waals surface area (Å²) in [7, 11) is 0. The molecule has 0 aromatic rings. The molecule has 0 saturated heterocycles. The molecule has 0 spiro atoms. The molecule has 5 heteroatoms. The third kappa shape index (κ3) is 4.47. The first kappa shape index (κ1) is 11.9. The summed E-state index contributed by atoms with van der Waals surface area (Å²) in [5.41, 5.74) is 5.37. The lowest BCUT2D eigenvalue weighted by Crippen LogP contribution is -2.40. The van der Waals surface area contributed by atoms with Gasteiger partial charge in [0.2, 0.25) is 5.91 Å². The number of hydrogen-bond donors (Lipinski definition) is 3. The maximum atomic E-state index is 11.3. The Hall–Kier alpha value is -1.10. The molecule has 0 bridgehead atoms. The van der Waals surface area contributed by atoms with Gasteiger partial charge in [0.25, 0.3) is 0 Å². The van der Waals surface area contributed by atoms with Crippen molar-refractivity contribution in [3.63, 3.8) is 0 Å². The third-order valence-electron chi connectivity index (χ3n) is 1.81. The molecule has 0 saturated carbocycles. The first-order valence-corrected chi connectivity index (χ1v) is 4.18. The van der Waals surface area contributed by atoms with Crippen LogP contribution in [0.1, 0.15) is 13.8 Å². The highest BCUT2D eigenvalue weighted by atomic mass is 16.4. The number of amides is 1. The van der Waals surface area contributed by atoms with Crippen molar-refractivity contribution in [1.82, 2.24) is 5.32 Å². The van der Waals surface area contributed by atoms with Crippen LogP contribution in [-0.4, -0.2) is 30.1 Å². The average Bonchev–Trinajstić information content (AvgIpc) is 2.01. The van der Waals surface area contributed by atoms with Gasteiger partial charge in [-0.1, -0.05) is 13.8 Å². The number of carboxylic acids is 1. The van der Waals surface area contributed by atoms with Crippen LogP contribution in [0, 0.1) is 11.8 Å². The van der Waals surface area contributed by atoms with Crippen LogP contribution in [0.15, 0.2) is 0 Å². The van der Waals surface area contributed by atoms with Gasteiger partial charge >= 0.3 is 5.97 Å². The monoisotopic (exact) mass is 188 g/mol. The summed E-state index contributed by atoms with van der Waals surface area (Å²) in [6.07, 6.45) is 0. The van der Waals surface area contributed by atoms with Crippen molar-refractivity contribution in [3.8, 4) is 0 Å². The number of rotatable bonds is 5. The van der Waals surface area contributed by atoms with Gasteiger partial charge in [0.05, 0.1) is 5.92 Å². The summed E-state index contributed by atoms with van der Waals surface area (Å²) in [6, 6.07) is 0. The molecule has 0 heterocycles. The van der Waals surface area contributed by atoms with E-state index in [9.17, 15) is 9.59 Å². The fourth-order valence-electron chi connectivity index (χ4n) is 0.976. The summed E-state index contributed by atoms with van der Waals surface area (Å²) in [4.78, 5) is 21.4. The number of nitrogens with two attached hydrogens (primary N) is 1. The lowest BCUT2D eigenvalue weighted by atomic mass is 9.95. The Morgan fingerprint density at radius 3 is 2.31 bits per heavy atom. The summed E-state index contributed by atoms with van der Waals surface area (Å²) >= 11 is 0. The van der Waals surface area contributed by atoms with E-state index in [1.54, 1.807) is 0 Å². The zero-order valence-electron chi connectivity index (χ0n) is 7.91. The lowest BCUT2D eigenvalue weighted by molar-refractivity contribution is -0.138. The highest BCUT2D eigenvalue weighted by Gasteiger charge is 2.20. The largest absolute Gasteiger partial charge is 0.480 e. The topological polar surface area (TPSA) is 92.4 Å². The zero-order valence-corrected chi connectivity index (χ0v) is 7.91. The normalized spacial score (nSPS) is 12.6. The summed E-state index contributed by atoms with van der Waals surface area (Å²) in [5.74, 6) is -1.52. The Labute approximate surface area is 77.3 Å². The summed E-state index contributed by atoms with van der Waals surface area (Å²) < 4.78 is 0. The number of hydrogen-bond acceptors (Lipinski definition) is 3. The standard InChI is InChI=1S/C8H16N2O3/c1-5(2)6(3-9)8(13)10-4-7(11)12/h5-6H,3-4,9H2,1-2H3,(H,10,13)(H,11,12). The maximum absolute atomic E-state index is 11.3. The van der Waals surface area contributed by atoms with Gasteiger partial charge in [0, 0.05) is 6.54 Å². The van der Waals surface area contributed by atoms with Gasteiger partial charge in [-0.3, -0.25) is 9.59 Å². The molecular formula is C8H16N2O3. The first-order valence-electron chi connectivity index (χ1n) is 4.18. The van der Waals surface area contributed by atoms with E-state index in [0.717, 1.165) is 0 Å². The molecule has 1 amide bonds. The van der Waals surface area contributed by atoms with E-state index in [4.69, 9.17) is 10.8 Å². The van der Waals surface area contributed by atoms with Crippen molar-refractivity contribution in [2.24, 2.45) is 17.6 Å². The maximum Gasteiger partial charge on any atom is 0.322 e. The molecular weight excluding hydrogens is 172 g/mol. The first-order chi connectivity index (χ1) is 5.99. The quantitative estimate of drug-likeness (QED) is 0.538. The van der Waals surface area contributed by atoms with E-state index < -0.39 is 5.97 Å². The molecule has 0 aliphatic carbocycles. The van der Waals surface area contributed by atoms with Crippen molar-refractivity contribution in [2.45, 2.75) is 13.8 Å². The molecule has 0 radical (unpaired) electrons. The third-order valence-corrected chi connectivity index (χ3v) is 1.81. The predicted molar refractivity (Wildman–Crippen MR) is 48.0 cm³/mol. The van der Waals surface area contributed by atoms with Crippen LogP contribution in [0.4, 0.5) is 0 Å². The minimum Gasteiger partial charge on any atom is -0.480 e. The molecule has 76 valence electrons. The van der Waals surface area contributed by atoms with E-state index in [0.29, 0.717) is 0 Å². The van der Waals surface area contributed by atoms with Crippen LogP contribution in [0.25, 0.3) is 0 Å². The average molecular weight is 188 g/mol.